The van der Waals surface area contributed by atoms with Gasteiger partial charge in [0.2, 0.25) is 5.91 Å². The molecule has 0 aliphatic heterocycles. The molecular formula is C16H18N2O3. The first-order valence-corrected chi connectivity index (χ1v) is 6.88. The zero-order valence-electron chi connectivity index (χ0n) is 11.9. The summed E-state index contributed by atoms with van der Waals surface area (Å²) in [6.45, 7) is 1.56. The van der Waals surface area contributed by atoms with E-state index in [0.29, 0.717) is 11.1 Å². The molecule has 1 aliphatic rings. The van der Waals surface area contributed by atoms with Gasteiger partial charge in [-0.3, -0.25) is 9.59 Å². The lowest BCUT2D eigenvalue weighted by atomic mass is 10.0. The van der Waals surface area contributed by atoms with Crippen molar-refractivity contribution in [2.75, 3.05) is 13.2 Å². The Balaban J connectivity index is 2.02. The number of amides is 2. The Bertz CT molecular complexity index is 610. The van der Waals surface area contributed by atoms with Crippen LogP contribution in [0.25, 0.3) is 0 Å². The van der Waals surface area contributed by atoms with Gasteiger partial charge >= 0.3 is 0 Å². The van der Waals surface area contributed by atoms with E-state index in [9.17, 15) is 9.59 Å². The van der Waals surface area contributed by atoms with Crippen LogP contribution in [0, 0.1) is 18.8 Å². The second-order valence-corrected chi connectivity index (χ2v) is 5.03. The number of benzene rings is 1. The van der Waals surface area contributed by atoms with Gasteiger partial charge in [-0.05, 0) is 31.9 Å². The summed E-state index contributed by atoms with van der Waals surface area (Å²) in [7, 11) is 0. The summed E-state index contributed by atoms with van der Waals surface area (Å²) in [5, 5.41) is 14.2. The predicted octanol–water partition coefficient (Wildman–Crippen LogP) is 0.347. The Labute approximate surface area is 123 Å². The van der Waals surface area contributed by atoms with Crippen LogP contribution >= 0.6 is 0 Å². The SMILES string of the molecule is Cc1ccc(C#CCO)c(C(=O)NCC(=O)NC2CC2)c1. The van der Waals surface area contributed by atoms with Gasteiger partial charge in [0, 0.05) is 11.6 Å². The van der Waals surface area contributed by atoms with Gasteiger partial charge in [0.1, 0.15) is 6.61 Å². The lowest BCUT2D eigenvalue weighted by Gasteiger charge is -2.08. The van der Waals surface area contributed by atoms with Crippen LogP contribution < -0.4 is 10.6 Å². The molecule has 3 N–H and O–H groups in total. The fourth-order valence-corrected chi connectivity index (χ4v) is 1.85. The fourth-order valence-electron chi connectivity index (χ4n) is 1.85. The highest BCUT2D eigenvalue weighted by molar-refractivity contribution is 5.98. The topological polar surface area (TPSA) is 78.4 Å². The van der Waals surface area contributed by atoms with Gasteiger partial charge in [-0.25, -0.2) is 0 Å². The van der Waals surface area contributed by atoms with E-state index in [0.717, 1.165) is 18.4 Å². The number of rotatable bonds is 4. The third kappa shape index (κ3) is 4.62. The van der Waals surface area contributed by atoms with Crippen molar-refractivity contribution in [3.63, 3.8) is 0 Å². The Hall–Kier alpha value is -2.32. The quantitative estimate of drug-likeness (QED) is 0.699. The van der Waals surface area contributed by atoms with E-state index < -0.39 is 0 Å². The van der Waals surface area contributed by atoms with E-state index in [1.165, 1.54) is 0 Å². The molecule has 0 radical (unpaired) electrons. The van der Waals surface area contributed by atoms with Gasteiger partial charge < -0.3 is 15.7 Å². The summed E-state index contributed by atoms with van der Waals surface area (Å²) in [4.78, 5) is 23.7. The maximum absolute atomic E-state index is 12.2. The second kappa shape index (κ2) is 6.91. The molecule has 2 amide bonds. The zero-order chi connectivity index (χ0) is 15.2. The maximum Gasteiger partial charge on any atom is 0.252 e. The first-order chi connectivity index (χ1) is 10.1. The molecule has 1 saturated carbocycles. The molecule has 0 heterocycles. The summed E-state index contributed by atoms with van der Waals surface area (Å²) in [5.74, 6) is 4.74. The van der Waals surface area contributed by atoms with E-state index in [1.54, 1.807) is 12.1 Å². The Kier molecular flexibility index (Phi) is 4.96. The number of carbonyl (C=O) groups excluding carboxylic acids is 2. The van der Waals surface area contributed by atoms with Crippen LogP contribution in [0.15, 0.2) is 18.2 Å². The van der Waals surface area contributed by atoms with Crippen molar-refractivity contribution in [3.8, 4) is 11.8 Å². The lowest BCUT2D eigenvalue weighted by Crippen LogP contribution is -2.38. The van der Waals surface area contributed by atoms with Gasteiger partial charge in [-0.1, -0.05) is 23.5 Å². The van der Waals surface area contributed by atoms with Crippen molar-refractivity contribution in [1.82, 2.24) is 10.6 Å². The van der Waals surface area contributed by atoms with Gasteiger partial charge in [0.15, 0.2) is 0 Å². The van der Waals surface area contributed by atoms with Crippen LogP contribution in [0.1, 0.15) is 34.3 Å². The average Bonchev–Trinajstić information content (AvgIpc) is 3.27. The van der Waals surface area contributed by atoms with Crippen LogP contribution in [0.4, 0.5) is 0 Å². The van der Waals surface area contributed by atoms with Crippen molar-refractivity contribution in [1.29, 1.82) is 0 Å². The van der Waals surface area contributed by atoms with Crippen LogP contribution in [-0.4, -0.2) is 36.1 Å². The smallest absolute Gasteiger partial charge is 0.252 e. The van der Waals surface area contributed by atoms with Crippen LogP contribution in [0.2, 0.25) is 0 Å². The fraction of sp³-hybridized carbons (Fsp3) is 0.375. The number of aryl methyl sites for hydroxylation is 1. The van der Waals surface area contributed by atoms with Crippen LogP contribution in [-0.2, 0) is 4.79 Å². The molecule has 110 valence electrons. The highest BCUT2D eigenvalue weighted by Crippen LogP contribution is 2.18. The number of hydrogen-bond acceptors (Lipinski definition) is 3. The minimum absolute atomic E-state index is 0.0455. The molecule has 0 unspecified atom stereocenters. The Morgan fingerprint density at radius 1 is 1.38 bits per heavy atom. The van der Waals surface area contributed by atoms with Crippen molar-refractivity contribution < 1.29 is 14.7 Å². The summed E-state index contributed by atoms with van der Waals surface area (Å²) < 4.78 is 0. The zero-order valence-corrected chi connectivity index (χ0v) is 11.9. The number of hydrogen-bond donors (Lipinski definition) is 3. The number of aliphatic hydroxyl groups excluding tert-OH is 1. The van der Waals surface area contributed by atoms with Crippen molar-refractivity contribution >= 4 is 11.8 Å². The molecular weight excluding hydrogens is 268 g/mol. The standard InChI is InChI=1S/C16H18N2O3/c1-11-4-5-12(3-2-8-19)14(9-11)16(21)17-10-15(20)18-13-6-7-13/h4-5,9,13,19H,6-8,10H2,1H3,(H,17,21)(H,18,20). The van der Waals surface area contributed by atoms with Crippen molar-refractivity contribution in [3.05, 3.63) is 34.9 Å². The number of carbonyl (C=O) groups is 2. The number of aliphatic hydroxyl groups is 1. The molecule has 0 saturated heterocycles. The molecule has 1 aromatic carbocycles. The predicted molar refractivity (Wildman–Crippen MR) is 78.6 cm³/mol. The molecule has 1 fully saturated rings. The Morgan fingerprint density at radius 3 is 2.81 bits per heavy atom. The second-order valence-electron chi connectivity index (χ2n) is 5.03. The molecule has 5 nitrogen and oxygen atoms in total. The van der Waals surface area contributed by atoms with Crippen LogP contribution in [0.3, 0.4) is 0 Å². The van der Waals surface area contributed by atoms with Gasteiger partial charge in [-0.2, -0.15) is 0 Å². The van der Waals surface area contributed by atoms with Crippen molar-refractivity contribution in [2.24, 2.45) is 0 Å². The molecule has 2 rings (SSSR count). The molecule has 0 aromatic heterocycles. The third-order valence-electron chi connectivity index (χ3n) is 3.07. The highest BCUT2D eigenvalue weighted by Gasteiger charge is 2.23. The average molecular weight is 286 g/mol. The van der Waals surface area contributed by atoms with Gasteiger partial charge in [0.25, 0.3) is 5.91 Å². The maximum atomic E-state index is 12.2. The summed E-state index contributed by atoms with van der Waals surface area (Å²) >= 11 is 0. The first-order valence-electron chi connectivity index (χ1n) is 6.88. The van der Waals surface area contributed by atoms with Gasteiger partial charge in [-0.15, -0.1) is 0 Å². The van der Waals surface area contributed by atoms with E-state index >= 15 is 0 Å². The monoisotopic (exact) mass is 286 g/mol. The van der Waals surface area contributed by atoms with E-state index in [-0.39, 0.29) is 31.0 Å². The van der Waals surface area contributed by atoms with E-state index in [1.807, 2.05) is 13.0 Å². The van der Waals surface area contributed by atoms with Crippen LogP contribution in [0.5, 0.6) is 0 Å². The molecule has 1 aromatic rings. The number of nitrogens with one attached hydrogen (secondary N) is 2. The third-order valence-corrected chi connectivity index (χ3v) is 3.07. The lowest BCUT2D eigenvalue weighted by molar-refractivity contribution is -0.120. The minimum atomic E-state index is -0.341. The molecule has 0 spiro atoms. The van der Waals surface area contributed by atoms with Crippen molar-refractivity contribution in [2.45, 2.75) is 25.8 Å². The first kappa shape index (κ1) is 15.1. The largest absolute Gasteiger partial charge is 0.384 e. The summed E-state index contributed by atoms with van der Waals surface area (Å²) in [6.07, 6.45) is 2.02. The van der Waals surface area contributed by atoms with E-state index in [2.05, 4.69) is 22.5 Å². The molecule has 0 atom stereocenters. The molecule has 1 aliphatic carbocycles. The Morgan fingerprint density at radius 2 is 2.14 bits per heavy atom. The molecule has 21 heavy (non-hydrogen) atoms. The minimum Gasteiger partial charge on any atom is -0.384 e. The van der Waals surface area contributed by atoms with Gasteiger partial charge in [0.05, 0.1) is 12.1 Å². The summed E-state index contributed by atoms with van der Waals surface area (Å²) in [5.41, 5.74) is 1.88. The normalized spacial score (nSPS) is 13.0. The molecule has 5 heteroatoms. The molecule has 0 bridgehead atoms. The highest BCUT2D eigenvalue weighted by atomic mass is 16.2. The summed E-state index contributed by atoms with van der Waals surface area (Å²) in [6, 6.07) is 5.57. The van der Waals surface area contributed by atoms with E-state index in [4.69, 9.17) is 5.11 Å².